The van der Waals surface area contributed by atoms with Crippen molar-refractivity contribution in [2.45, 2.75) is 26.8 Å². The van der Waals surface area contributed by atoms with Crippen molar-refractivity contribution in [1.82, 2.24) is 9.69 Å². The Balaban J connectivity index is 1.88. The first-order chi connectivity index (χ1) is 9.70. The monoisotopic (exact) mass is 289 g/mol. The predicted molar refractivity (Wildman–Crippen MR) is 83.2 cm³/mol. The van der Waals surface area contributed by atoms with E-state index < -0.39 is 0 Å². The number of hydrogen-bond acceptors (Lipinski definition) is 4. The molecule has 1 heterocycles. The largest absolute Gasteiger partial charge is 0.385 e. The maximum Gasteiger partial charge on any atom is 0.254 e. The normalized spacial score (nSPS) is 10.3. The molecule has 2 aromatic rings. The van der Waals surface area contributed by atoms with Crippen molar-refractivity contribution in [1.29, 1.82) is 0 Å². The van der Waals surface area contributed by atoms with Crippen LogP contribution < -0.4 is 10.6 Å². The van der Waals surface area contributed by atoms with Crippen LogP contribution in [0, 0.1) is 6.92 Å². The second-order valence-electron chi connectivity index (χ2n) is 4.62. The van der Waals surface area contributed by atoms with Crippen molar-refractivity contribution in [2.24, 2.45) is 0 Å². The van der Waals surface area contributed by atoms with E-state index in [0.29, 0.717) is 12.1 Å². The summed E-state index contributed by atoms with van der Waals surface area (Å²) in [4.78, 5) is 12.0. The highest BCUT2D eigenvalue weighted by atomic mass is 32.1. The van der Waals surface area contributed by atoms with Gasteiger partial charge in [0.1, 0.15) is 0 Å². The Morgan fingerprint density at radius 3 is 2.65 bits per heavy atom. The molecule has 1 amide bonds. The molecule has 0 aliphatic rings. The number of rotatable bonds is 6. The maximum atomic E-state index is 12.0. The highest BCUT2D eigenvalue weighted by Crippen LogP contribution is 2.11. The summed E-state index contributed by atoms with van der Waals surface area (Å²) in [6.07, 6.45) is 1.10. The molecule has 2 N–H and O–H groups in total. The van der Waals surface area contributed by atoms with E-state index in [0.717, 1.165) is 29.9 Å². The van der Waals surface area contributed by atoms with Gasteiger partial charge in [0, 0.05) is 24.2 Å². The first-order valence-electron chi connectivity index (χ1n) is 6.72. The minimum Gasteiger partial charge on any atom is -0.385 e. The van der Waals surface area contributed by atoms with Gasteiger partial charge in [-0.2, -0.15) is 4.37 Å². The van der Waals surface area contributed by atoms with Gasteiger partial charge in [-0.3, -0.25) is 4.79 Å². The van der Waals surface area contributed by atoms with Gasteiger partial charge in [0.25, 0.3) is 5.91 Å². The molecular formula is C15H19N3OS. The second kappa shape index (κ2) is 7.05. The van der Waals surface area contributed by atoms with Crippen LogP contribution in [-0.4, -0.2) is 16.8 Å². The highest BCUT2D eigenvalue weighted by molar-refractivity contribution is 7.03. The number of nitrogens with one attached hydrogen (secondary N) is 2. The van der Waals surface area contributed by atoms with Crippen LogP contribution >= 0.6 is 11.5 Å². The van der Waals surface area contributed by atoms with Crippen LogP contribution in [0.1, 0.15) is 35.0 Å². The van der Waals surface area contributed by atoms with Crippen molar-refractivity contribution in [2.75, 3.05) is 11.9 Å². The van der Waals surface area contributed by atoms with Gasteiger partial charge in [-0.1, -0.05) is 19.1 Å². The molecule has 0 aliphatic heterocycles. The number of carbonyl (C=O) groups is 1. The number of hydrogen-bond donors (Lipinski definition) is 2. The van der Waals surface area contributed by atoms with Crippen LogP contribution in [0.25, 0.3) is 0 Å². The van der Waals surface area contributed by atoms with E-state index in [9.17, 15) is 4.79 Å². The van der Waals surface area contributed by atoms with Gasteiger partial charge in [-0.15, -0.1) is 0 Å². The van der Waals surface area contributed by atoms with Crippen molar-refractivity contribution in [3.05, 3.63) is 46.5 Å². The fourth-order valence-electron chi connectivity index (χ4n) is 1.80. The minimum absolute atomic E-state index is 0.0653. The zero-order valence-electron chi connectivity index (χ0n) is 11.8. The fourth-order valence-corrected chi connectivity index (χ4v) is 2.49. The van der Waals surface area contributed by atoms with E-state index >= 15 is 0 Å². The van der Waals surface area contributed by atoms with Gasteiger partial charge in [0.05, 0.1) is 11.3 Å². The van der Waals surface area contributed by atoms with E-state index in [4.69, 9.17) is 0 Å². The lowest BCUT2D eigenvalue weighted by molar-refractivity contribution is 0.0950. The van der Waals surface area contributed by atoms with E-state index in [1.165, 1.54) is 11.5 Å². The number of aromatic nitrogens is 1. The Hall–Kier alpha value is -1.88. The third-order valence-electron chi connectivity index (χ3n) is 2.98. The lowest BCUT2D eigenvalue weighted by Crippen LogP contribution is -2.23. The topological polar surface area (TPSA) is 54.0 Å². The van der Waals surface area contributed by atoms with Crippen LogP contribution in [0.15, 0.2) is 29.6 Å². The number of carbonyl (C=O) groups excluding carboxylic acids is 1. The molecule has 0 spiro atoms. The molecule has 20 heavy (non-hydrogen) atoms. The zero-order valence-corrected chi connectivity index (χ0v) is 12.6. The van der Waals surface area contributed by atoms with E-state index in [1.807, 2.05) is 31.2 Å². The van der Waals surface area contributed by atoms with Gasteiger partial charge in [0.15, 0.2) is 0 Å². The number of nitrogens with zero attached hydrogens (tertiary/aromatic N) is 1. The third kappa shape index (κ3) is 3.81. The van der Waals surface area contributed by atoms with Gasteiger partial charge >= 0.3 is 0 Å². The number of amides is 1. The molecule has 0 aliphatic carbocycles. The molecule has 0 bridgehead atoms. The van der Waals surface area contributed by atoms with Gasteiger partial charge in [0.2, 0.25) is 0 Å². The average Bonchev–Trinajstić information content (AvgIpc) is 2.90. The quantitative estimate of drug-likeness (QED) is 0.858. The first kappa shape index (κ1) is 14.5. The molecular weight excluding hydrogens is 270 g/mol. The Bertz CT molecular complexity index is 563. The Labute approximate surface area is 123 Å². The summed E-state index contributed by atoms with van der Waals surface area (Å²) in [5, 5.41) is 8.01. The molecule has 1 aromatic carbocycles. The standard InChI is InChI=1S/C15H19N3OS/c1-3-8-16-13-6-4-12(5-7-13)9-17-15(19)14-10-20-18-11(14)2/h4-7,10,16H,3,8-9H2,1-2H3,(H,17,19). The van der Waals surface area contributed by atoms with Crippen molar-refractivity contribution in [3.63, 3.8) is 0 Å². The summed E-state index contributed by atoms with van der Waals surface area (Å²) in [6.45, 7) is 5.49. The molecule has 5 heteroatoms. The lowest BCUT2D eigenvalue weighted by atomic mass is 10.2. The number of benzene rings is 1. The van der Waals surface area contributed by atoms with Crippen LogP contribution in [-0.2, 0) is 6.54 Å². The highest BCUT2D eigenvalue weighted by Gasteiger charge is 2.10. The Morgan fingerprint density at radius 1 is 1.30 bits per heavy atom. The van der Waals surface area contributed by atoms with Crippen LogP contribution in [0.4, 0.5) is 5.69 Å². The molecule has 0 unspecified atom stereocenters. The second-order valence-corrected chi connectivity index (χ2v) is 5.25. The summed E-state index contributed by atoms with van der Waals surface area (Å²) >= 11 is 1.31. The van der Waals surface area contributed by atoms with Crippen molar-refractivity contribution in [3.8, 4) is 0 Å². The zero-order chi connectivity index (χ0) is 14.4. The lowest BCUT2D eigenvalue weighted by Gasteiger charge is -2.07. The van der Waals surface area contributed by atoms with Gasteiger partial charge in [-0.25, -0.2) is 0 Å². The maximum absolute atomic E-state index is 12.0. The molecule has 4 nitrogen and oxygen atoms in total. The van der Waals surface area contributed by atoms with Crippen molar-refractivity contribution < 1.29 is 4.79 Å². The predicted octanol–water partition coefficient (Wildman–Crippen LogP) is 3.20. The molecule has 0 saturated heterocycles. The van der Waals surface area contributed by atoms with Crippen LogP contribution in [0.5, 0.6) is 0 Å². The summed E-state index contributed by atoms with van der Waals surface area (Å²) in [6, 6.07) is 8.12. The van der Waals surface area contributed by atoms with Crippen molar-refractivity contribution >= 4 is 23.1 Å². The number of aryl methyl sites for hydroxylation is 1. The van der Waals surface area contributed by atoms with Gasteiger partial charge < -0.3 is 10.6 Å². The average molecular weight is 289 g/mol. The smallest absolute Gasteiger partial charge is 0.254 e. The van der Waals surface area contributed by atoms with Crippen LogP contribution in [0.3, 0.4) is 0 Å². The van der Waals surface area contributed by atoms with E-state index in [-0.39, 0.29) is 5.91 Å². The van der Waals surface area contributed by atoms with Gasteiger partial charge in [-0.05, 0) is 42.6 Å². The minimum atomic E-state index is -0.0653. The summed E-state index contributed by atoms with van der Waals surface area (Å²) in [5.74, 6) is -0.0653. The van der Waals surface area contributed by atoms with E-state index in [1.54, 1.807) is 5.38 Å². The van der Waals surface area contributed by atoms with Crippen LogP contribution in [0.2, 0.25) is 0 Å². The molecule has 0 radical (unpaired) electrons. The fraction of sp³-hybridized carbons (Fsp3) is 0.333. The molecule has 2 rings (SSSR count). The molecule has 0 fully saturated rings. The molecule has 0 atom stereocenters. The van der Waals surface area contributed by atoms with E-state index in [2.05, 4.69) is 21.9 Å². The Kier molecular flexibility index (Phi) is 5.12. The first-order valence-corrected chi connectivity index (χ1v) is 7.56. The molecule has 1 aromatic heterocycles. The number of anilines is 1. The molecule has 106 valence electrons. The summed E-state index contributed by atoms with van der Waals surface area (Å²) in [7, 11) is 0. The third-order valence-corrected chi connectivity index (χ3v) is 3.70. The Morgan fingerprint density at radius 2 is 2.05 bits per heavy atom. The summed E-state index contributed by atoms with van der Waals surface area (Å²) in [5.41, 5.74) is 3.64. The SMILES string of the molecule is CCCNc1ccc(CNC(=O)c2csnc2C)cc1. The molecule has 0 saturated carbocycles. The summed E-state index contributed by atoms with van der Waals surface area (Å²) < 4.78 is 4.11.